The largest absolute Gasteiger partial charge is 0.504 e. The van der Waals surface area contributed by atoms with Crippen LogP contribution in [-0.2, 0) is 9.47 Å². The van der Waals surface area contributed by atoms with Gasteiger partial charge in [-0.2, -0.15) is 0 Å². The number of rotatable bonds is 6. The Balaban J connectivity index is 2.87. The molecule has 0 aliphatic heterocycles. The van der Waals surface area contributed by atoms with E-state index in [1.807, 2.05) is 0 Å². The minimum absolute atomic E-state index is 0.0129. The first kappa shape index (κ1) is 12.9. The second-order valence-electron chi connectivity index (χ2n) is 2.83. The number of benzene rings is 1. The fourth-order valence-corrected chi connectivity index (χ4v) is 1.29. The van der Waals surface area contributed by atoms with Crippen molar-refractivity contribution in [2.24, 2.45) is 0 Å². The third kappa shape index (κ3) is 3.16. The third-order valence-electron chi connectivity index (χ3n) is 1.69. The number of hydrogen-bond acceptors (Lipinski definition) is 5. The van der Waals surface area contributed by atoms with E-state index in [2.05, 4.69) is 0 Å². The van der Waals surface area contributed by atoms with Crippen LogP contribution in [0.3, 0.4) is 0 Å². The van der Waals surface area contributed by atoms with Gasteiger partial charge in [0.25, 0.3) is 0 Å². The standard InChI is InChI=1S/C10H13ClO5/c1-13-5-15-8-4-3-7(12)10(9(8)11)16-6-14-2/h3-4,12H,5-6H2,1-2H3. The molecule has 0 unspecified atom stereocenters. The van der Waals surface area contributed by atoms with E-state index in [0.29, 0.717) is 5.75 Å². The molecule has 0 aromatic heterocycles. The highest BCUT2D eigenvalue weighted by Gasteiger charge is 2.13. The minimum Gasteiger partial charge on any atom is -0.504 e. The van der Waals surface area contributed by atoms with Gasteiger partial charge in [0.1, 0.15) is 10.8 Å². The summed E-state index contributed by atoms with van der Waals surface area (Å²) in [6.45, 7) is 0.0508. The predicted molar refractivity (Wildman–Crippen MR) is 58.1 cm³/mol. The number of ether oxygens (including phenoxy) is 4. The summed E-state index contributed by atoms with van der Waals surface area (Å²) in [6.07, 6.45) is 0. The second kappa shape index (κ2) is 6.42. The van der Waals surface area contributed by atoms with Crippen LogP contribution in [-0.4, -0.2) is 32.9 Å². The summed E-state index contributed by atoms with van der Waals surface area (Å²) in [7, 11) is 2.97. The summed E-state index contributed by atoms with van der Waals surface area (Å²) >= 11 is 5.96. The lowest BCUT2D eigenvalue weighted by Crippen LogP contribution is -2.02. The van der Waals surface area contributed by atoms with E-state index in [0.717, 1.165) is 0 Å². The van der Waals surface area contributed by atoms with E-state index in [1.54, 1.807) is 0 Å². The van der Waals surface area contributed by atoms with Crippen LogP contribution in [0.2, 0.25) is 5.02 Å². The van der Waals surface area contributed by atoms with Crippen LogP contribution in [0, 0.1) is 0 Å². The average molecular weight is 249 g/mol. The van der Waals surface area contributed by atoms with Crippen molar-refractivity contribution < 1.29 is 24.1 Å². The molecule has 0 saturated carbocycles. The first-order chi connectivity index (χ1) is 7.70. The number of methoxy groups -OCH3 is 2. The van der Waals surface area contributed by atoms with Crippen molar-refractivity contribution >= 4 is 11.6 Å². The highest BCUT2D eigenvalue weighted by Crippen LogP contribution is 2.40. The Morgan fingerprint density at radius 1 is 1.12 bits per heavy atom. The molecule has 90 valence electrons. The van der Waals surface area contributed by atoms with Crippen LogP contribution >= 0.6 is 11.6 Å². The lowest BCUT2D eigenvalue weighted by molar-refractivity contribution is 0.0448. The van der Waals surface area contributed by atoms with Crippen molar-refractivity contribution in [1.29, 1.82) is 0 Å². The van der Waals surface area contributed by atoms with Crippen LogP contribution in [0.25, 0.3) is 0 Å². The van der Waals surface area contributed by atoms with Gasteiger partial charge < -0.3 is 24.1 Å². The maximum atomic E-state index is 9.52. The van der Waals surface area contributed by atoms with Gasteiger partial charge in [0, 0.05) is 14.2 Å². The zero-order valence-corrected chi connectivity index (χ0v) is 9.78. The summed E-state index contributed by atoms with van der Waals surface area (Å²) in [5.41, 5.74) is 0. The van der Waals surface area contributed by atoms with E-state index >= 15 is 0 Å². The Morgan fingerprint density at radius 2 is 1.75 bits per heavy atom. The van der Waals surface area contributed by atoms with E-state index in [-0.39, 0.29) is 30.1 Å². The quantitative estimate of drug-likeness (QED) is 0.781. The molecule has 1 aromatic carbocycles. The molecule has 0 spiro atoms. The average Bonchev–Trinajstić information content (AvgIpc) is 2.28. The Morgan fingerprint density at radius 3 is 2.38 bits per heavy atom. The fourth-order valence-electron chi connectivity index (χ4n) is 1.02. The molecule has 0 saturated heterocycles. The molecule has 0 atom stereocenters. The zero-order valence-electron chi connectivity index (χ0n) is 9.03. The smallest absolute Gasteiger partial charge is 0.188 e. The van der Waals surface area contributed by atoms with Crippen LogP contribution in [0.15, 0.2) is 12.1 Å². The van der Waals surface area contributed by atoms with Gasteiger partial charge in [0.2, 0.25) is 0 Å². The normalized spacial score (nSPS) is 10.2. The molecule has 1 aromatic rings. The van der Waals surface area contributed by atoms with Gasteiger partial charge in [-0.15, -0.1) is 0 Å². The molecule has 6 heteroatoms. The van der Waals surface area contributed by atoms with Gasteiger partial charge >= 0.3 is 0 Å². The zero-order chi connectivity index (χ0) is 12.0. The fraction of sp³-hybridized carbons (Fsp3) is 0.400. The third-order valence-corrected chi connectivity index (χ3v) is 2.05. The summed E-state index contributed by atoms with van der Waals surface area (Å²) in [6, 6.07) is 2.94. The van der Waals surface area contributed by atoms with E-state index < -0.39 is 0 Å². The van der Waals surface area contributed by atoms with Crippen molar-refractivity contribution in [2.45, 2.75) is 0 Å². The molecule has 0 amide bonds. The molecule has 16 heavy (non-hydrogen) atoms. The highest BCUT2D eigenvalue weighted by atomic mass is 35.5. The van der Waals surface area contributed by atoms with E-state index in [1.165, 1.54) is 26.4 Å². The Kier molecular flexibility index (Phi) is 5.18. The number of halogens is 1. The number of aromatic hydroxyl groups is 1. The molecular formula is C10H13ClO5. The van der Waals surface area contributed by atoms with Gasteiger partial charge in [-0.1, -0.05) is 11.6 Å². The summed E-state index contributed by atoms with van der Waals surface area (Å²) in [4.78, 5) is 0. The van der Waals surface area contributed by atoms with Crippen LogP contribution in [0.5, 0.6) is 17.2 Å². The van der Waals surface area contributed by atoms with Crippen molar-refractivity contribution in [3.63, 3.8) is 0 Å². The van der Waals surface area contributed by atoms with Crippen LogP contribution < -0.4 is 9.47 Å². The first-order valence-corrected chi connectivity index (χ1v) is 4.83. The second-order valence-corrected chi connectivity index (χ2v) is 3.21. The monoisotopic (exact) mass is 248 g/mol. The topological polar surface area (TPSA) is 57.2 Å². The Hall–Kier alpha value is -1.17. The number of phenolic OH excluding ortho intramolecular Hbond substituents is 1. The molecule has 0 aliphatic carbocycles. The van der Waals surface area contributed by atoms with Crippen molar-refractivity contribution in [3.05, 3.63) is 17.2 Å². The Labute approximate surface area is 98.4 Å². The molecule has 5 nitrogen and oxygen atoms in total. The summed E-state index contributed by atoms with van der Waals surface area (Å²) < 4.78 is 19.8. The SMILES string of the molecule is COCOc1ccc(O)c(OCOC)c1Cl. The maximum Gasteiger partial charge on any atom is 0.188 e. The van der Waals surface area contributed by atoms with Crippen molar-refractivity contribution in [1.82, 2.24) is 0 Å². The highest BCUT2D eigenvalue weighted by molar-refractivity contribution is 6.33. The molecule has 0 fully saturated rings. The van der Waals surface area contributed by atoms with Crippen LogP contribution in [0.4, 0.5) is 0 Å². The predicted octanol–water partition coefficient (Wildman–Crippen LogP) is 2.01. The summed E-state index contributed by atoms with van der Waals surface area (Å²) in [5, 5.41) is 9.69. The van der Waals surface area contributed by atoms with Crippen molar-refractivity contribution in [3.8, 4) is 17.2 Å². The van der Waals surface area contributed by atoms with E-state index in [4.69, 9.17) is 30.5 Å². The number of phenols is 1. The lowest BCUT2D eigenvalue weighted by atomic mass is 10.3. The van der Waals surface area contributed by atoms with Crippen LogP contribution in [0.1, 0.15) is 0 Å². The first-order valence-electron chi connectivity index (χ1n) is 4.45. The van der Waals surface area contributed by atoms with Gasteiger partial charge in [-0.05, 0) is 12.1 Å². The molecular weight excluding hydrogens is 236 g/mol. The molecule has 1 N–H and O–H groups in total. The molecule has 0 heterocycles. The summed E-state index contributed by atoms with van der Waals surface area (Å²) in [5.74, 6) is 0.413. The van der Waals surface area contributed by atoms with E-state index in [9.17, 15) is 5.11 Å². The van der Waals surface area contributed by atoms with Gasteiger partial charge in [-0.25, -0.2) is 0 Å². The maximum absolute atomic E-state index is 9.52. The molecule has 1 rings (SSSR count). The van der Waals surface area contributed by atoms with Gasteiger partial charge in [-0.3, -0.25) is 0 Å². The Bertz CT molecular complexity index is 342. The number of hydrogen-bond donors (Lipinski definition) is 1. The molecule has 0 bridgehead atoms. The lowest BCUT2D eigenvalue weighted by Gasteiger charge is -2.12. The van der Waals surface area contributed by atoms with Gasteiger partial charge in [0.15, 0.2) is 25.1 Å². The minimum atomic E-state index is -0.0770. The van der Waals surface area contributed by atoms with Crippen molar-refractivity contribution in [2.75, 3.05) is 27.8 Å². The molecule has 0 radical (unpaired) electrons. The van der Waals surface area contributed by atoms with Gasteiger partial charge in [0.05, 0.1) is 0 Å². The molecule has 0 aliphatic rings.